The molecule has 5 heterocycles. The second-order valence-corrected chi connectivity index (χ2v) is 10.4. The van der Waals surface area contributed by atoms with Gasteiger partial charge in [0.15, 0.2) is 11.6 Å². The first-order valence-corrected chi connectivity index (χ1v) is 11.2. The molecule has 7 fully saturated rings. The smallest absolute Gasteiger partial charge is 0.198 e. The number of Topliss-reactive ketones (excluding diaryl/α,β-unsaturated/α-hetero) is 1. The molecule has 4 unspecified atom stereocenters. The van der Waals surface area contributed by atoms with Gasteiger partial charge < -0.3 is 18.9 Å². The van der Waals surface area contributed by atoms with Crippen LogP contribution in [0.2, 0.25) is 0 Å². The van der Waals surface area contributed by atoms with Crippen molar-refractivity contribution in [1.29, 1.82) is 0 Å². The minimum atomic E-state index is -0.877. The van der Waals surface area contributed by atoms with Crippen molar-refractivity contribution in [2.24, 2.45) is 28.6 Å². The fraction of sp³-hybridized carbons (Fsp3) is 0.826. The van der Waals surface area contributed by atoms with Gasteiger partial charge in [0.2, 0.25) is 0 Å². The molecule has 8 atom stereocenters. The van der Waals surface area contributed by atoms with Crippen LogP contribution in [0.3, 0.4) is 0 Å². The zero-order valence-corrected chi connectivity index (χ0v) is 17.3. The number of hydrogen-bond donors (Lipinski definition) is 0. The highest BCUT2D eigenvalue weighted by molar-refractivity contribution is 6.00. The fourth-order valence-corrected chi connectivity index (χ4v) is 7.76. The number of hydrogen-bond acceptors (Lipinski definition) is 6. The van der Waals surface area contributed by atoms with Crippen molar-refractivity contribution in [1.82, 2.24) is 0 Å². The summed E-state index contributed by atoms with van der Waals surface area (Å²) in [6, 6.07) is 0. The maximum absolute atomic E-state index is 13.6. The van der Waals surface area contributed by atoms with Crippen molar-refractivity contribution < 1.29 is 28.5 Å². The monoisotopic (exact) mass is 402 g/mol. The number of ketones is 2. The summed E-state index contributed by atoms with van der Waals surface area (Å²) in [6.07, 6.45) is 5.13. The van der Waals surface area contributed by atoms with Crippen LogP contribution in [0, 0.1) is 28.6 Å². The van der Waals surface area contributed by atoms with Crippen molar-refractivity contribution in [2.75, 3.05) is 26.4 Å². The predicted octanol–water partition coefficient (Wildman–Crippen LogP) is 2.44. The lowest BCUT2D eigenvalue weighted by Crippen LogP contribution is -2.64. The van der Waals surface area contributed by atoms with E-state index in [1.807, 2.05) is 6.08 Å². The normalized spacial score (nSPS) is 53.9. The van der Waals surface area contributed by atoms with Gasteiger partial charge in [-0.2, -0.15) is 0 Å². The summed E-state index contributed by atoms with van der Waals surface area (Å²) >= 11 is 0. The van der Waals surface area contributed by atoms with Gasteiger partial charge in [0.1, 0.15) is 11.9 Å². The Morgan fingerprint density at radius 1 is 0.931 bits per heavy atom. The third-order valence-corrected chi connectivity index (χ3v) is 9.12. The van der Waals surface area contributed by atoms with Crippen molar-refractivity contribution in [3.63, 3.8) is 0 Å². The Morgan fingerprint density at radius 3 is 2.41 bits per heavy atom. The van der Waals surface area contributed by atoms with Crippen LogP contribution in [0.25, 0.3) is 0 Å². The van der Waals surface area contributed by atoms with E-state index in [0.717, 1.165) is 18.4 Å². The molecule has 4 aliphatic carbocycles. The van der Waals surface area contributed by atoms with Crippen molar-refractivity contribution in [3.8, 4) is 0 Å². The van der Waals surface area contributed by atoms with E-state index in [2.05, 4.69) is 13.8 Å². The highest BCUT2D eigenvalue weighted by Crippen LogP contribution is 2.65. The molecule has 5 aliphatic heterocycles. The Kier molecular flexibility index (Phi) is 3.86. The van der Waals surface area contributed by atoms with Crippen molar-refractivity contribution in [3.05, 3.63) is 11.6 Å². The molecule has 3 saturated carbocycles. The second-order valence-electron chi connectivity index (χ2n) is 10.4. The maximum Gasteiger partial charge on any atom is 0.198 e. The molecule has 8 bridgehead atoms. The van der Waals surface area contributed by atoms with Crippen LogP contribution < -0.4 is 0 Å². The van der Waals surface area contributed by atoms with Crippen molar-refractivity contribution >= 4 is 11.6 Å². The van der Waals surface area contributed by atoms with Crippen LogP contribution in [0.5, 0.6) is 0 Å². The number of ether oxygens (including phenoxy) is 4. The van der Waals surface area contributed by atoms with Gasteiger partial charge in [-0.25, -0.2) is 0 Å². The number of fused-ring (bicyclic) bond motifs is 1. The Bertz CT molecular complexity index is 805. The van der Waals surface area contributed by atoms with E-state index in [9.17, 15) is 9.59 Å². The molecule has 9 rings (SSSR count). The van der Waals surface area contributed by atoms with Crippen LogP contribution in [-0.2, 0) is 28.5 Å². The molecule has 0 aromatic rings. The Hall–Kier alpha value is -1.08. The minimum absolute atomic E-state index is 0.00205. The van der Waals surface area contributed by atoms with Gasteiger partial charge in [-0.05, 0) is 31.3 Å². The number of rotatable bonds is 0. The predicted molar refractivity (Wildman–Crippen MR) is 102 cm³/mol. The van der Waals surface area contributed by atoms with E-state index < -0.39 is 5.79 Å². The van der Waals surface area contributed by atoms with Gasteiger partial charge in [-0.15, -0.1) is 0 Å². The fourth-order valence-electron chi connectivity index (χ4n) is 7.76. The average Bonchev–Trinajstić information content (AvgIpc) is 3.00. The van der Waals surface area contributed by atoms with E-state index in [1.54, 1.807) is 0 Å². The number of carbonyl (C=O) groups excluding carboxylic acids is 2. The van der Waals surface area contributed by atoms with E-state index in [1.165, 1.54) is 0 Å². The van der Waals surface area contributed by atoms with Crippen LogP contribution in [-0.4, -0.2) is 56.0 Å². The molecule has 158 valence electrons. The Labute approximate surface area is 171 Å². The van der Waals surface area contributed by atoms with Crippen LogP contribution >= 0.6 is 0 Å². The largest absolute Gasteiger partial charge is 0.375 e. The highest BCUT2D eigenvalue weighted by atomic mass is 16.7. The number of carbonyl (C=O) groups is 2. The summed E-state index contributed by atoms with van der Waals surface area (Å²) in [5.41, 5.74) is 0.374. The van der Waals surface area contributed by atoms with E-state index >= 15 is 0 Å². The van der Waals surface area contributed by atoms with E-state index in [0.29, 0.717) is 45.7 Å². The molecule has 6 heteroatoms. The molecular formula is C23H30O6. The minimum Gasteiger partial charge on any atom is -0.375 e. The van der Waals surface area contributed by atoms with Gasteiger partial charge in [-0.3, -0.25) is 9.59 Å². The lowest BCUT2D eigenvalue weighted by Gasteiger charge is -2.59. The zero-order valence-electron chi connectivity index (χ0n) is 17.3. The quantitative estimate of drug-likeness (QED) is 0.620. The molecule has 0 aromatic heterocycles. The SMILES string of the molecule is C[C@]12CC3OCCOC34CC1=CC(=O)[C@@H]1C2C(=O)C[C@]2(C)C(CC[C@H]12)OCCO4. The molecular weight excluding hydrogens is 372 g/mol. The van der Waals surface area contributed by atoms with Crippen molar-refractivity contribution in [2.45, 2.75) is 63.9 Å². The van der Waals surface area contributed by atoms with Crippen LogP contribution in [0.1, 0.15) is 46.0 Å². The summed E-state index contributed by atoms with van der Waals surface area (Å²) in [5.74, 6) is -0.822. The molecule has 9 aliphatic rings. The molecule has 1 spiro atoms. The first kappa shape index (κ1) is 18.7. The van der Waals surface area contributed by atoms with Gasteiger partial charge in [-0.1, -0.05) is 19.4 Å². The summed E-state index contributed by atoms with van der Waals surface area (Å²) < 4.78 is 24.9. The third-order valence-electron chi connectivity index (χ3n) is 9.12. The standard InChI is InChI=1S/C23H30O6/c1-21-12-18-23(29-8-6-27-18)10-13(21)9-15(24)19-14-3-4-17(26-5-7-28-23)22(14,2)11-16(25)20(19)21/h9,14,17-20H,3-8,10-12H2,1-2H3/t14-,17?,18?,19-,20?,21+,22+,23?/m1/s1. The van der Waals surface area contributed by atoms with Crippen LogP contribution in [0.15, 0.2) is 11.6 Å². The summed E-state index contributed by atoms with van der Waals surface area (Å²) in [5, 5.41) is 0. The number of allylic oxidation sites excluding steroid dienone is 1. The second kappa shape index (κ2) is 6.00. The molecule has 0 amide bonds. The van der Waals surface area contributed by atoms with E-state index in [-0.39, 0.29) is 52.4 Å². The summed E-state index contributed by atoms with van der Waals surface area (Å²) in [4.78, 5) is 27.1. The molecule has 4 saturated heterocycles. The molecule has 0 radical (unpaired) electrons. The zero-order chi connectivity index (χ0) is 20.0. The first-order chi connectivity index (χ1) is 13.9. The summed E-state index contributed by atoms with van der Waals surface area (Å²) in [6.45, 7) is 6.25. The van der Waals surface area contributed by atoms with Gasteiger partial charge in [0, 0.05) is 35.5 Å². The molecule has 29 heavy (non-hydrogen) atoms. The maximum atomic E-state index is 13.6. The highest BCUT2D eigenvalue weighted by Gasteiger charge is 2.67. The van der Waals surface area contributed by atoms with E-state index in [4.69, 9.17) is 18.9 Å². The lowest BCUT2D eigenvalue weighted by molar-refractivity contribution is -0.340. The summed E-state index contributed by atoms with van der Waals surface area (Å²) in [7, 11) is 0. The topological polar surface area (TPSA) is 71.1 Å². The lowest BCUT2D eigenvalue weighted by atomic mass is 9.46. The molecule has 0 aromatic carbocycles. The Balaban J connectivity index is 1.53. The molecule has 6 nitrogen and oxygen atoms in total. The molecule has 0 N–H and O–H groups in total. The average molecular weight is 402 g/mol. The first-order valence-electron chi connectivity index (χ1n) is 11.2. The van der Waals surface area contributed by atoms with Gasteiger partial charge >= 0.3 is 0 Å². The van der Waals surface area contributed by atoms with Gasteiger partial charge in [0.25, 0.3) is 0 Å². The third kappa shape index (κ3) is 2.32. The Morgan fingerprint density at radius 2 is 1.66 bits per heavy atom. The van der Waals surface area contributed by atoms with Gasteiger partial charge in [0.05, 0.1) is 32.5 Å². The van der Waals surface area contributed by atoms with Crippen LogP contribution in [0.4, 0.5) is 0 Å².